The van der Waals surface area contributed by atoms with Crippen molar-refractivity contribution in [2.45, 2.75) is 32.4 Å². The minimum Gasteiger partial charge on any atom is -0.497 e. The molecule has 2 aromatic heterocycles. The Kier molecular flexibility index (Phi) is 8.03. The van der Waals surface area contributed by atoms with Crippen LogP contribution in [0.1, 0.15) is 35.9 Å². The maximum atomic E-state index is 14.0. The molecule has 0 aliphatic heterocycles. The number of benzene rings is 2. The van der Waals surface area contributed by atoms with Gasteiger partial charge in [0.15, 0.2) is 11.5 Å². The SMILES string of the molecule is CCCc1nc(O)c(Cc2cc3cc(OC)ccc3nc2C(F)(F)F)c2cc(OC)c(OC)cc12.Cl. The zero-order valence-electron chi connectivity index (χ0n) is 20.2. The highest BCUT2D eigenvalue weighted by Gasteiger charge is 2.36. The predicted molar refractivity (Wildman–Crippen MR) is 134 cm³/mol. The molecule has 0 fully saturated rings. The first kappa shape index (κ1) is 27.1. The van der Waals surface area contributed by atoms with E-state index in [0.29, 0.717) is 45.5 Å². The Morgan fingerprint density at radius 3 is 2.14 bits per heavy atom. The van der Waals surface area contributed by atoms with Crippen LogP contribution in [0.25, 0.3) is 21.7 Å². The van der Waals surface area contributed by atoms with Gasteiger partial charge in [0.2, 0.25) is 5.88 Å². The van der Waals surface area contributed by atoms with E-state index in [4.69, 9.17) is 14.2 Å². The van der Waals surface area contributed by atoms with Crippen LogP contribution in [0.4, 0.5) is 13.2 Å². The predicted octanol–water partition coefficient (Wildman–Crippen LogP) is 6.50. The van der Waals surface area contributed by atoms with Crippen LogP contribution in [-0.2, 0) is 19.0 Å². The van der Waals surface area contributed by atoms with Crippen molar-refractivity contribution in [3.63, 3.8) is 0 Å². The molecular weight excluding hydrogens is 497 g/mol. The minimum absolute atomic E-state index is 0. The zero-order valence-corrected chi connectivity index (χ0v) is 21.0. The Morgan fingerprint density at radius 2 is 1.56 bits per heavy atom. The van der Waals surface area contributed by atoms with Gasteiger partial charge in [0, 0.05) is 22.8 Å². The molecule has 0 aliphatic carbocycles. The van der Waals surface area contributed by atoms with Crippen LogP contribution >= 0.6 is 12.4 Å². The lowest BCUT2D eigenvalue weighted by atomic mass is 9.95. The number of aryl methyl sites for hydroxylation is 1. The maximum absolute atomic E-state index is 14.0. The highest BCUT2D eigenvalue weighted by Crippen LogP contribution is 2.40. The van der Waals surface area contributed by atoms with E-state index >= 15 is 0 Å². The van der Waals surface area contributed by atoms with Crippen molar-refractivity contribution in [2.75, 3.05) is 21.3 Å². The number of ether oxygens (including phenoxy) is 3. The van der Waals surface area contributed by atoms with Gasteiger partial charge < -0.3 is 19.3 Å². The van der Waals surface area contributed by atoms with Crippen LogP contribution in [0.2, 0.25) is 0 Å². The topological polar surface area (TPSA) is 73.7 Å². The summed E-state index contributed by atoms with van der Waals surface area (Å²) in [6.07, 6.45) is -3.59. The first-order valence-corrected chi connectivity index (χ1v) is 11.0. The van der Waals surface area contributed by atoms with E-state index in [2.05, 4.69) is 9.97 Å². The number of pyridine rings is 2. The van der Waals surface area contributed by atoms with Crippen LogP contribution in [0.15, 0.2) is 36.4 Å². The summed E-state index contributed by atoms with van der Waals surface area (Å²) in [7, 11) is 4.46. The molecule has 0 amide bonds. The van der Waals surface area contributed by atoms with Gasteiger partial charge in [0.1, 0.15) is 11.4 Å². The summed E-state index contributed by atoms with van der Waals surface area (Å²) in [5.41, 5.74) is -0.0354. The summed E-state index contributed by atoms with van der Waals surface area (Å²) in [4.78, 5) is 8.25. The molecule has 4 rings (SSSR count). The largest absolute Gasteiger partial charge is 0.497 e. The monoisotopic (exact) mass is 522 g/mol. The van der Waals surface area contributed by atoms with Gasteiger partial charge in [-0.2, -0.15) is 13.2 Å². The van der Waals surface area contributed by atoms with Crippen LogP contribution < -0.4 is 14.2 Å². The number of alkyl halides is 3. The second-order valence-electron chi connectivity index (χ2n) is 8.09. The van der Waals surface area contributed by atoms with Crippen molar-refractivity contribution < 1.29 is 32.5 Å². The summed E-state index contributed by atoms with van der Waals surface area (Å²) in [5.74, 6) is 1.03. The van der Waals surface area contributed by atoms with Gasteiger partial charge in [0.25, 0.3) is 0 Å². The van der Waals surface area contributed by atoms with E-state index in [0.717, 1.165) is 6.42 Å². The number of aromatic hydroxyl groups is 1. The second kappa shape index (κ2) is 10.7. The number of aromatic nitrogens is 2. The molecular formula is C26H26ClF3N2O4. The first-order valence-electron chi connectivity index (χ1n) is 11.0. The van der Waals surface area contributed by atoms with Crippen LogP contribution in [0.5, 0.6) is 23.1 Å². The van der Waals surface area contributed by atoms with E-state index < -0.39 is 11.9 Å². The fourth-order valence-corrected chi connectivity index (χ4v) is 4.24. The molecule has 6 nitrogen and oxygen atoms in total. The summed E-state index contributed by atoms with van der Waals surface area (Å²) in [6, 6.07) is 9.50. The molecule has 36 heavy (non-hydrogen) atoms. The second-order valence-corrected chi connectivity index (χ2v) is 8.09. The Morgan fingerprint density at radius 1 is 0.889 bits per heavy atom. The third-order valence-electron chi connectivity index (χ3n) is 5.89. The third kappa shape index (κ3) is 5.06. The summed E-state index contributed by atoms with van der Waals surface area (Å²) >= 11 is 0. The average Bonchev–Trinajstić information content (AvgIpc) is 2.84. The third-order valence-corrected chi connectivity index (χ3v) is 5.89. The molecule has 2 heterocycles. The van der Waals surface area contributed by atoms with Gasteiger partial charge in [-0.1, -0.05) is 13.3 Å². The van der Waals surface area contributed by atoms with Gasteiger partial charge in [-0.15, -0.1) is 12.4 Å². The summed E-state index contributed by atoms with van der Waals surface area (Å²) in [5, 5.41) is 12.6. The van der Waals surface area contributed by atoms with Crippen molar-refractivity contribution in [3.8, 4) is 23.1 Å². The van der Waals surface area contributed by atoms with Gasteiger partial charge in [-0.3, -0.25) is 0 Å². The Bertz CT molecular complexity index is 1410. The minimum atomic E-state index is -4.69. The Hall–Kier alpha value is -3.46. The van der Waals surface area contributed by atoms with Crippen LogP contribution in [0, 0.1) is 0 Å². The molecule has 0 spiro atoms. The summed E-state index contributed by atoms with van der Waals surface area (Å²) < 4.78 is 58.1. The number of halogens is 4. The van der Waals surface area contributed by atoms with E-state index in [1.54, 1.807) is 24.3 Å². The highest BCUT2D eigenvalue weighted by molar-refractivity contribution is 5.92. The number of rotatable bonds is 7. The molecule has 0 unspecified atom stereocenters. The molecule has 0 aliphatic rings. The van der Waals surface area contributed by atoms with Gasteiger partial charge >= 0.3 is 6.18 Å². The lowest BCUT2D eigenvalue weighted by Crippen LogP contribution is -2.13. The zero-order chi connectivity index (χ0) is 25.3. The van der Waals surface area contributed by atoms with E-state index in [-0.39, 0.29) is 41.4 Å². The van der Waals surface area contributed by atoms with Crippen molar-refractivity contribution in [1.29, 1.82) is 0 Å². The Balaban J connectivity index is 0.00000361. The lowest BCUT2D eigenvalue weighted by molar-refractivity contribution is -0.141. The number of hydrogen-bond acceptors (Lipinski definition) is 6. The molecule has 4 aromatic rings. The number of nitrogens with zero attached hydrogens (tertiary/aromatic N) is 2. The van der Waals surface area contributed by atoms with Crippen molar-refractivity contribution in [1.82, 2.24) is 9.97 Å². The standard InChI is InChI=1S/C26H25F3N2O4.ClH/c1-5-6-21-18-13-23(35-4)22(34-3)12-17(18)19(25(32)31-21)11-15-9-14-10-16(33-2)7-8-20(14)30-24(15)26(27,28)29;/h7-10,12-13H,5-6,11H2,1-4H3,(H,31,32);1H. The summed E-state index contributed by atoms with van der Waals surface area (Å²) in [6.45, 7) is 1.98. The number of methoxy groups -OCH3 is 3. The van der Waals surface area contributed by atoms with E-state index in [1.165, 1.54) is 33.5 Å². The van der Waals surface area contributed by atoms with Crippen LogP contribution in [-0.4, -0.2) is 36.4 Å². The maximum Gasteiger partial charge on any atom is 0.433 e. The molecule has 0 bridgehead atoms. The molecule has 0 saturated heterocycles. The van der Waals surface area contributed by atoms with Crippen molar-refractivity contribution >= 4 is 34.1 Å². The first-order chi connectivity index (χ1) is 16.7. The molecule has 10 heteroatoms. The molecule has 0 radical (unpaired) electrons. The molecule has 192 valence electrons. The fraction of sp³-hybridized carbons (Fsp3) is 0.308. The molecule has 1 N–H and O–H groups in total. The van der Waals surface area contributed by atoms with Crippen molar-refractivity contribution in [3.05, 3.63) is 58.9 Å². The normalized spacial score (nSPS) is 11.4. The van der Waals surface area contributed by atoms with Gasteiger partial charge in [0.05, 0.1) is 32.5 Å². The smallest absolute Gasteiger partial charge is 0.433 e. The van der Waals surface area contributed by atoms with Gasteiger partial charge in [-0.05, 0) is 53.8 Å². The molecule has 0 atom stereocenters. The van der Waals surface area contributed by atoms with E-state index in [9.17, 15) is 18.3 Å². The number of fused-ring (bicyclic) bond motifs is 2. The molecule has 2 aromatic carbocycles. The number of hydrogen-bond donors (Lipinski definition) is 1. The lowest BCUT2D eigenvalue weighted by Gasteiger charge is -2.18. The van der Waals surface area contributed by atoms with E-state index in [1.807, 2.05) is 6.92 Å². The molecule has 0 saturated carbocycles. The van der Waals surface area contributed by atoms with Crippen LogP contribution in [0.3, 0.4) is 0 Å². The van der Waals surface area contributed by atoms with Crippen molar-refractivity contribution in [2.24, 2.45) is 0 Å². The Labute approximate surface area is 212 Å². The highest BCUT2D eigenvalue weighted by atomic mass is 35.5. The average molecular weight is 523 g/mol. The van der Waals surface area contributed by atoms with Gasteiger partial charge in [-0.25, -0.2) is 9.97 Å². The quantitative estimate of drug-likeness (QED) is 0.299. The fourth-order valence-electron chi connectivity index (χ4n) is 4.24.